The summed E-state index contributed by atoms with van der Waals surface area (Å²) in [6, 6.07) is 14.9. The number of aromatic nitrogens is 2. The second-order valence-electron chi connectivity index (χ2n) is 7.47. The van der Waals surface area contributed by atoms with Crippen molar-refractivity contribution in [1.29, 1.82) is 0 Å². The molecule has 6 nitrogen and oxygen atoms in total. The number of halogens is 2. The average Bonchev–Trinajstić information content (AvgIpc) is 3.16. The molecule has 3 N–H and O–H groups in total. The molecule has 1 aliphatic carbocycles. The van der Waals surface area contributed by atoms with Crippen molar-refractivity contribution in [2.75, 3.05) is 5.32 Å². The Balaban J connectivity index is 0.00000171. The fourth-order valence-electron chi connectivity index (χ4n) is 3.65. The molecule has 0 saturated carbocycles. The first-order valence-corrected chi connectivity index (χ1v) is 9.85. The van der Waals surface area contributed by atoms with Crippen molar-refractivity contribution in [3.63, 3.8) is 0 Å². The third-order valence-corrected chi connectivity index (χ3v) is 5.19. The van der Waals surface area contributed by atoms with Crippen molar-refractivity contribution in [1.82, 2.24) is 9.55 Å². The first-order valence-electron chi connectivity index (χ1n) is 9.85. The first kappa shape index (κ1) is 24.6. The van der Waals surface area contributed by atoms with Gasteiger partial charge in [0.25, 0.3) is 0 Å². The number of hydrogen-bond donors (Lipinski definition) is 2. The summed E-state index contributed by atoms with van der Waals surface area (Å²) in [4.78, 5) is 29.0. The monoisotopic (exact) mass is 460 g/mol. The molecule has 2 aromatic carbocycles. The number of carbonyl (C=O) groups excluding carboxylic acids is 2. The summed E-state index contributed by atoms with van der Waals surface area (Å²) in [6.45, 7) is 0.721. The molecular formula is C23H26Cl2N4O2. The van der Waals surface area contributed by atoms with Crippen LogP contribution in [0.15, 0.2) is 61.1 Å². The third kappa shape index (κ3) is 6.17. The van der Waals surface area contributed by atoms with Gasteiger partial charge in [-0.3, -0.25) is 9.59 Å². The van der Waals surface area contributed by atoms with Gasteiger partial charge in [-0.2, -0.15) is 0 Å². The van der Waals surface area contributed by atoms with Crippen molar-refractivity contribution in [3.8, 4) is 0 Å². The van der Waals surface area contributed by atoms with E-state index < -0.39 is 6.04 Å². The van der Waals surface area contributed by atoms with Crippen LogP contribution in [0.1, 0.15) is 40.0 Å². The van der Waals surface area contributed by atoms with Crippen LogP contribution in [0.5, 0.6) is 0 Å². The van der Waals surface area contributed by atoms with Gasteiger partial charge in [0.2, 0.25) is 5.91 Å². The van der Waals surface area contributed by atoms with E-state index in [9.17, 15) is 9.59 Å². The maximum Gasteiger partial charge on any atom is 0.241 e. The number of Topliss-reactive ketones (excluding diaryl/α,β-unsaturated/α-hetero) is 1. The molecule has 0 unspecified atom stereocenters. The van der Waals surface area contributed by atoms with Crippen LogP contribution in [0, 0.1) is 0 Å². The zero-order chi connectivity index (χ0) is 20.2. The van der Waals surface area contributed by atoms with E-state index in [4.69, 9.17) is 5.73 Å². The lowest BCUT2D eigenvalue weighted by Gasteiger charge is -2.17. The molecule has 4 rings (SSSR count). The quantitative estimate of drug-likeness (QED) is 0.585. The molecule has 8 heteroatoms. The van der Waals surface area contributed by atoms with E-state index in [0.717, 1.165) is 30.6 Å². The maximum absolute atomic E-state index is 12.5. The van der Waals surface area contributed by atoms with Gasteiger partial charge in [-0.15, -0.1) is 24.8 Å². The Labute approximate surface area is 194 Å². The van der Waals surface area contributed by atoms with Crippen LogP contribution in [0.3, 0.4) is 0 Å². The van der Waals surface area contributed by atoms with E-state index in [1.54, 1.807) is 12.4 Å². The van der Waals surface area contributed by atoms with Crippen LogP contribution in [-0.2, 0) is 24.2 Å². The molecule has 1 aromatic heterocycles. The van der Waals surface area contributed by atoms with Crippen LogP contribution < -0.4 is 11.1 Å². The molecule has 0 spiro atoms. The highest BCUT2D eigenvalue weighted by molar-refractivity contribution is 6.01. The molecule has 1 aliphatic rings. The summed E-state index contributed by atoms with van der Waals surface area (Å²) in [5, 5.41) is 2.83. The number of benzene rings is 2. The summed E-state index contributed by atoms with van der Waals surface area (Å²) in [5.41, 5.74) is 10.4. The summed E-state index contributed by atoms with van der Waals surface area (Å²) in [7, 11) is 0. The van der Waals surface area contributed by atoms with Gasteiger partial charge >= 0.3 is 0 Å². The molecule has 1 atom stereocenters. The summed E-state index contributed by atoms with van der Waals surface area (Å²) < 4.78 is 1.98. The predicted molar refractivity (Wildman–Crippen MR) is 126 cm³/mol. The van der Waals surface area contributed by atoms with Crippen LogP contribution >= 0.6 is 24.8 Å². The van der Waals surface area contributed by atoms with Crippen molar-refractivity contribution in [2.45, 2.75) is 38.3 Å². The number of imidazole rings is 1. The average molecular weight is 461 g/mol. The Kier molecular flexibility index (Phi) is 8.80. The zero-order valence-electron chi connectivity index (χ0n) is 17.0. The Morgan fingerprint density at radius 1 is 1.13 bits per heavy atom. The van der Waals surface area contributed by atoms with Gasteiger partial charge in [-0.25, -0.2) is 4.98 Å². The van der Waals surface area contributed by atoms with E-state index >= 15 is 0 Å². The number of nitrogens with one attached hydrogen (secondary N) is 1. The van der Waals surface area contributed by atoms with Crippen molar-refractivity contribution < 1.29 is 9.59 Å². The maximum atomic E-state index is 12.5. The van der Waals surface area contributed by atoms with Gasteiger partial charge in [-0.1, -0.05) is 36.4 Å². The normalized spacial score (nSPS) is 13.4. The number of ketones is 1. The number of aryl methyl sites for hydroxylation is 1. The van der Waals surface area contributed by atoms with Gasteiger partial charge in [0.15, 0.2) is 5.78 Å². The lowest BCUT2D eigenvalue weighted by molar-refractivity contribution is -0.117. The number of anilines is 1. The molecule has 1 heterocycles. The predicted octanol–water partition coefficient (Wildman–Crippen LogP) is 3.80. The highest BCUT2D eigenvalue weighted by Crippen LogP contribution is 2.24. The molecule has 0 bridgehead atoms. The highest BCUT2D eigenvalue weighted by Gasteiger charge is 2.20. The molecule has 0 saturated heterocycles. The minimum Gasteiger partial charge on any atom is -0.333 e. The first-order chi connectivity index (χ1) is 14.1. The second kappa shape index (κ2) is 11.1. The molecule has 164 valence electrons. The Morgan fingerprint density at radius 3 is 2.68 bits per heavy atom. The van der Waals surface area contributed by atoms with E-state index in [1.165, 1.54) is 5.56 Å². The second-order valence-corrected chi connectivity index (χ2v) is 7.47. The van der Waals surface area contributed by atoms with E-state index in [1.807, 2.05) is 41.1 Å². The van der Waals surface area contributed by atoms with Gasteiger partial charge in [0.1, 0.15) is 0 Å². The SMILES string of the molecule is Cl.Cl.N[C@@H](Cc1cn(Cc2ccccc2)cn1)C(=O)Nc1ccc2c(c1)C(=O)CCC2. The van der Waals surface area contributed by atoms with Gasteiger partial charge in [-0.05, 0) is 36.1 Å². The van der Waals surface area contributed by atoms with Gasteiger partial charge in [0.05, 0.1) is 18.1 Å². The van der Waals surface area contributed by atoms with Gasteiger partial charge in [0, 0.05) is 36.8 Å². The molecule has 0 fully saturated rings. The molecule has 3 aromatic rings. The van der Waals surface area contributed by atoms with Crippen LogP contribution in [0.25, 0.3) is 0 Å². The Morgan fingerprint density at radius 2 is 1.90 bits per heavy atom. The summed E-state index contributed by atoms with van der Waals surface area (Å²) in [5.74, 6) is -0.151. The number of rotatable bonds is 6. The molecule has 31 heavy (non-hydrogen) atoms. The lowest BCUT2D eigenvalue weighted by atomic mass is 9.90. The third-order valence-electron chi connectivity index (χ3n) is 5.19. The molecular weight excluding hydrogens is 435 g/mol. The minimum absolute atomic E-state index is 0. The molecule has 0 radical (unpaired) electrons. The van der Waals surface area contributed by atoms with Crippen LogP contribution in [0.2, 0.25) is 0 Å². The van der Waals surface area contributed by atoms with Crippen LogP contribution in [-0.4, -0.2) is 27.3 Å². The summed E-state index contributed by atoms with van der Waals surface area (Å²) >= 11 is 0. The zero-order valence-corrected chi connectivity index (χ0v) is 18.6. The number of nitrogens with two attached hydrogens (primary N) is 1. The fraction of sp³-hybridized carbons (Fsp3) is 0.261. The largest absolute Gasteiger partial charge is 0.333 e. The molecule has 0 aliphatic heterocycles. The standard InChI is InChI=1S/C23H24N4O2.2ClH/c24-21(12-19-14-27(15-25-19)13-16-5-2-1-3-6-16)23(29)26-18-10-9-17-7-4-8-22(28)20(17)11-18;;/h1-3,5-6,9-11,14-15,21H,4,7-8,12-13,24H2,(H,26,29);2*1H/t21-;;/m0../s1. The Hall–Kier alpha value is -2.67. The topological polar surface area (TPSA) is 90.0 Å². The number of amides is 1. The summed E-state index contributed by atoms with van der Waals surface area (Å²) in [6.07, 6.45) is 6.37. The van der Waals surface area contributed by atoms with E-state index in [2.05, 4.69) is 22.4 Å². The highest BCUT2D eigenvalue weighted by atomic mass is 35.5. The minimum atomic E-state index is -0.721. The molecule has 1 amide bonds. The number of hydrogen-bond acceptors (Lipinski definition) is 4. The number of fused-ring (bicyclic) bond motifs is 1. The number of nitrogens with zero attached hydrogens (tertiary/aromatic N) is 2. The van der Waals surface area contributed by atoms with Gasteiger partial charge < -0.3 is 15.6 Å². The van der Waals surface area contributed by atoms with Crippen molar-refractivity contribution in [2.24, 2.45) is 5.73 Å². The van der Waals surface area contributed by atoms with Crippen molar-refractivity contribution >= 4 is 42.2 Å². The Bertz CT molecular complexity index is 1040. The van der Waals surface area contributed by atoms with Crippen LogP contribution in [0.4, 0.5) is 5.69 Å². The smallest absolute Gasteiger partial charge is 0.241 e. The number of carbonyl (C=O) groups is 2. The fourth-order valence-corrected chi connectivity index (χ4v) is 3.65. The van der Waals surface area contributed by atoms with E-state index in [-0.39, 0.29) is 36.5 Å². The van der Waals surface area contributed by atoms with E-state index in [0.29, 0.717) is 24.1 Å². The lowest BCUT2D eigenvalue weighted by Crippen LogP contribution is -2.37. The van der Waals surface area contributed by atoms with Crippen molar-refractivity contribution in [3.05, 3.63) is 83.4 Å².